The van der Waals surface area contributed by atoms with Gasteiger partial charge in [0, 0.05) is 18.7 Å². The summed E-state index contributed by atoms with van der Waals surface area (Å²) >= 11 is 0. The zero-order valence-corrected chi connectivity index (χ0v) is 15.4. The number of carbonyl (C=O) groups is 2. The monoisotopic (exact) mass is 370 g/mol. The number of carbonyl (C=O) groups excluding carboxylic acids is 2. The third kappa shape index (κ3) is 5.89. The summed E-state index contributed by atoms with van der Waals surface area (Å²) in [6.07, 6.45) is 1.11. The molecule has 2 amide bonds. The molecule has 0 aliphatic heterocycles. The predicted molar refractivity (Wildman–Crippen MR) is 104 cm³/mol. The molecule has 0 saturated heterocycles. The summed E-state index contributed by atoms with van der Waals surface area (Å²) in [6, 6.07) is 14.3. The van der Waals surface area contributed by atoms with E-state index in [9.17, 15) is 9.59 Å². The summed E-state index contributed by atoms with van der Waals surface area (Å²) in [5, 5.41) is 14.5. The second-order valence-electron chi connectivity index (χ2n) is 6.19. The molecular weight excluding hydrogens is 344 g/mol. The quantitative estimate of drug-likeness (QED) is 0.260. The Morgan fingerprint density at radius 3 is 2.15 bits per heavy atom. The Morgan fingerprint density at radius 1 is 1.04 bits per heavy atom. The van der Waals surface area contributed by atoms with E-state index in [1.54, 1.807) is 12.1 Å². The average Bonchev–Trinajstić information content (AvgIpc) is 2.72. The van der Waals surface area contributed by atoms with Crippen LogP contribution < -0.4 is 21.8 Å². The molecule has 0 aliphatic carbocycles. The number of nitrogens with one attached hydrogen (secondary N) is 3. The molecule has 27 heavy (non-hydrogen) atoms. The SMILES string of the molecule is CCCNCc1ccc(-c2ccc(C(=O)N[C@@H](CN)C(=O)NO)cc2)cc1. The van der Waals surface area contributed by atoms with Crippen LogP contribution in [0.2, 0.25) is 0 Å². The van der Waals surface area contributed by atoms with Crippen molar-refractivity contribution in [1.29, 1.82) is 0 Å². The van der Waals surface area contributed by atoms with E-state index in [1.165, 1.54) is 11.0 Å². The Morgan fingerprint density at radius 2 is 1.63 bits per heavy atom. The minimum absolute atomic E-state index is 0.115. The van der Waals surface area contributed by atoms with Gasteiger partial charge < -0.3 is 16.4 Å². The fraction of sp³-hybridized carbons (Fsp3) is 0.300. The van der Waals surface area contributed by atoms with E-state index >= 15 is 0 Å². The molecule has 0 spiro atoms. The van der Waals surface area contributed by atoms with Crippen LogP contribution in [0, 0.1) is 0 Å². The van der Waals surface area contributed by atoms with Gasteiger partial charge in [0.15, 0.2) is 0 Å². The van der Waals surface area contributed by atoms with E-state index in [0.717, 1.165) is 30.6 Å². The molecule has 2 rings (SSSR count). The van der Waals surface area contributed by atoms with Gasteiger partial charge in [-0.2, -0.15) is 0 Å². The van der Waals surface area contributed by atoms with Crippen molar-refractivity contribution in [3.63, 3.8) is 0 Å². The van der Waals surface area contributed by atoms with Gasteiger partial charge in [-0.15, -0.1) is 0 Å². The number of amides is 2. The molecule has 7 nitrogen and oxygen atoms in total. The zero-order chi connectivity index (χ0) is 19.6. The highest BCUT2D eigenvalue weighted by Gasteiger charge is 2.19. The van der Waals surface area contributed by atoms with Gasteiger partial charge in [-0.25, -0.2) is 5.48 Å². The molecule has 2 aromatic carbocycles. The number of hydrogen-bond acceptors (Lipinski definition) is 5. The van der Waals surface area contributed by atoms with Crippen LogP contribution in [0.5, 0.6) is 0 Å². The lowest BCUT2D eigenvalue weighted by atomic mass is 10.0. The molecule has 0 aliphatic rings. The summed E-state index contributed by atoms with van der Waals surface area (Å²) in [4.78, 5) is 23.6. The van der Waals surface area contributed by atoms with Crippen LogP contribution in [0.15, 0.2) is 48.5 Å². The van der Waals surface area contributed by atoms with Gasteiger partial charge in [0.05, 0.1) is 0 Å². The number of rotatable bonds is 9. The standard InChI is InChI=1S/C20H26N4O3/c1-2-11-22-13-14-3-5-15(6-4-14)16-7-9-17(10-8-16)19(25)23-18(12-21)20(26)24-27/h3-10,18,22,27H,2,11-13,21H2,1H3,(H,23,25)(H,24,26)/t18-/m0/s1. The van der Waals surface area contributed by atoms with Crippen LogP contribution in [-0.2, 0) is 11.3 Å². The maximum Gasteiger partial charge on any atom is 0.267 e. The lowest BCUT2D eigenvalue weighted by Gasteiger charge is -2.14. The van der Waals surface area contributed by atoms with E-state index in [2.05, 4.69) is 29.7 Å². The molecule has 6 N–H and O–H groups in total. The molecule has 144 valence electrons. The van der Waals surface area contributed by atoms with Crippen molar-refractivity contribution in [2.75, 3.05) is 13.1 Å². The van der Waals surface area contributed by atoms with Crippen LogP contribution >= 0.6 is 0 Å². The minimum atomic E-state index is -0.990. The Labute approximate surface area is 158 Å². The normalized spacial score (nSPS) is 11.7. The van der Waals surface area contributed by atoms with E-state index in [0.29, 0.717) is 5.56 Å². The maximum absolute atomic E-state index is 12.2. The van der Waals surface area contributed by atoms with Crippen molar-refractivity contribution in [3.8, 4) is 11.1 Å². The third-order valence-corrected chi connectivity index (χ3v) is 4.16. The van der Waals surface area contributed by atoms with Crippen LogP contribution in [0.4, 0.5) is 0 Å². The molecule has 0 aromatic heterocycles. The summed E-state index contributed by atoms with van der Waals surface area (Å²) in [5.41, 5.74) is 10.6. The van der Waals surface area contributed by atoms with E-state index in [1.807, 2.05) is 24.3 Å². The molecule has 0 heterocycles. The molecule has 1 atom stereocenters. The summed E-state index contributed by atoms with van der Waals surface area (Å²) in [5.74, 6) is -1.19. The second-order valence-corrected chi connectivity index (χ2v) is 6.19. The van der Waals surface area contributed by atoms with Gasteiger partial charge >= 0.3 is 0 Å². The Kier molecular flexibility index (Phi) is 7.94. The van der Waals surface area contributed by atoms with Crippen molar-refractivity contribution < 1.29 is 14.8 Å². The van der Waals surface area contributed by atoms with Gasteiger partial charge in [-0.1, -0.05) is 43.3 Å². The van der Waals surface area contributed by atoms with Crippen molar-refractivity contribution in [2.24, 2.45) is 5.73 Å². The lowest BCUT2D eigenvalue weighted by Crippen LogP contribution is -2.50. The molecule has 0 bridgehead atoms. The molecule has 0 fully saturated rings. The van der Waals surface area contributed by atoms with Crippen LogP contribution in [-0.4, -0.2) is 36.2 Å². The van der Waals surface area contributed by atoms with Crippen molar-refractivity contribution in [3.05, 3.63) is 59.7 Å². The van der Waals surface area contributed by atoms with Gasteiger partial charge in [-0.3, -0.25) is 14.8 Å². The second kappa shape index (κ2) is 10.4. The van der Waals surface area contributed by atoms with Gasteiger partial charge in [0.25, 0.3) is 11.8 Å². The molecule has 0 unspecified atom stereocenters. The van der Waals surface area contributed by atoms with E-state index in [-0.39, 0.29) is 6.54 Å². The van der Waals surface area contributed by atoms with Crippen molar-refractivity contribution in [1.82, 2.24) is 16.1 Å². The highest BCUT2D eigenvalue weighted by atomic mass is 16.5. The summed E-state index contributed by atoms with van der Waals surface area (Å²) in [6.45, 7) is 3.86. The Balaban J connectivity index is 2.01. The van der Waals surface area contributed by atoms with Crippen LogP contribution in [0.3, 0.4) is 0 Å². The van der Waals surface area contributed by atoms with Crippen LogP contribution in [0.25, 0.3) is 11.1 Å². The largest absolute Gasteiger partial charge is 0.339 e. The van der Waals surface area contributed by atoms with Crippen LogP contribution in [0.1, 0.15) is 29.3 Å². The number of nitrogens with two attached hydrogens (primary N) is 1. The maximum atomic E-state index is 12.2. The Bertz CT molecular complexity index is 745. The van der Waals surface area contributed by atoms with Gasteiger partial charge in [0.1, 0.15) is 6.04 Å². The van der Waals surface area contributed by atoms with Crippen molar-refractivity contribution >= 4 is 11.8 Å². The van der Waals surface area contributed by atoms with Crippen molar-refractivity contribution in [2.45, 2.75) is 25.9 Å². The van der Waals surface area contributed by atoms with E-state index < -0.39 is 17.9 Å². The lowest BCUT2D eigenvalue weighted by molar-refractivity contribution is -0.130. The highest BCUT2D eigenvalue weighted by Crippen LogP contribution is 2.20. The number of hydrogen-bond donors (Lipinski definition) is 5. The highest BCUT2D eigenvalue weighted by molar-refractivity contribution is 5.97. The van der Waals surface area contributed by atoms with Gasteiger partial charge in [0.2, 0.25) is 0 Å². The Hall–Kier alpha value is -2.74. The first kappa shape index (κ1) is 20.6. The topological polar surface area (TPSA) is 116 Å². The number of hydroxylamine groups is 1. The first-order valence-electron chi connectivity index (χ1n) is 8.94. The summed E-state index contributed by atoms with van der Waals surface area (Å²) in [7, 11) is 0. The third-order valence-electron chi connectivity index (χ3n) is 4.16. The number of benzene rings is 2. The van der Waals surface area contributed by atoms with Gasteiger partial charge in [-0.05, 0) is 41.8 Å². The molecule has 0 saturated carbocycles. The molecule has 2 aromatic rings. The van der Waals surface area contributed by atoms with E-state index in [4.69, 9.17) is 10.9 Å². The smallest absolute Gasteiger partial charge is 0.267 e. The summed E-state index contributed by atoms with van der Waals surface area (Å²) < 4.78 is 0. The molecule has 0 radical (unpaired) electrons. The fourth-order valence-corrected chi connectivity index (χ4v) is 2.59. The first-order chi connectivity index (χ1) is 13.1. The molecule has 7 heteroatoms. The predicted octanol–water partition coefficient (Wildman–Crippen LogP) is 1.42. The molecular formula is C20H26N4O3. The first-order valence-corrected chi connectivity index (χ1v) is 8.94. The fourth-order valence-electron chi connectivity index (χ4n) is 2.59. The average molecular weight is 370 g/mol. The minimum Gasteiger partial charge on any atom is -0.339 e. The zero-order valence-electron chi connectivity index (χ0n) is 15.4.